The molecule has 0 atom stereocenters. The normalized spacial score (nSPS) is 13.4. The first kappa shape index (κ1) is 19.3. The molecule has 0 fully saturated rings. The Morgan fingerprint density at radius 1 is 1.21 bits per heavy atom. The number of pyridine rings is 1. The minimum Gasteiger partial charge on any atom is -0.290 e. The summed E-state index contributed by atoms with van der Waals surface area (Å²) in [4.78, 5) is 12.8. The molecule has 0 unspecified atom stereocenters. The van der Waals surface area contributed by atoms with Crippen molar-refractivity contribution >= 4 is 38.4 Å². The first-order chi connectivity index (χ1) is 13.8. The Hall–Kier alpha value is -3.06. The van der Waals surface area contributed by atoms with Crippen LogP contribution in [0.15, 0.2) is 47.8 Å². The minimum absolute atomic E-state index is 0.0555. The molecule has 8 nitrogen and oxygen atoms in total. The predicted molar refractivity (Wildman–Crippen MR) is 109 cm³/mol. The highest BCUT2D eigenvalue weighted by Crippen LogP contribution is 2.36. The molecule has 0 radical (unpaired) electrons. The molecule has 4 rings (SSSR count). The molecule has 0 aromatic carbocycles. The summed E-state index contributed by atoms with van der Waals surface area (Å²) in [6.45, 7) is 3.45. The smallest absolute Gasteiger partial charge is 0.243 e. The number of allylic oxidation sites excluding steroid dienone is 4. The summed E-state index contributed by atoms with van der Waals surface area (Å²) < 4.78 is 28.9. The lowest BCUT2D eigenvalue weighted by atomic mass is 10.1. The minimum atomic E-state index is -3.72. The molecule has 0 bridgehead atoms. The lowest BCUT2D eigenvalue weighted by Crippen LogP contribution is -2.30. The second-order valence-corrected chi connectivity index (χ2v) is 8.81. The van der Waals surface area contributed by atoms with E-state index < -0.39 is 10.0 Å². The maximum absolute atomic E-state index is 12.3. The van der Waals surface area contributed by atoms with E-state index in [-0.39, 0.29) is 16.8 Å². The quantitative estimate of drug-likeness (QED) is 0.670. The molecule has 10 heteroatoms. The van der Waals surface area contributed by atoms with Crippen molar-refractivity contribution in [2.45, 2.75) is 24.8 Å². The summed E-state index contributed by atoms with van der Waals surface area (Å²) in [7, 11) is -3.72. The van der Waals surface area contributed by atoms with Crippen LogP contribution in [0.5, 0.6) is 0 Å². The maximum atomic E-state index is 12.3. The number of fused-ring (bicyclic) bond motifs is 1. The Balaban J connectivity index is 1.91. The molecule has 1 aliphatic rings. The van der Waals surface area contributed by atoms with E-state index in [2.05, 4.69) is 25.7 Å². The van der Waals surface area contributed by atoms with E-state index in [1.807, 2.05) is 18.2 Å². The zero-order chi connectivity index (χ0) is 20.8. The van der Waals surface area contributed by atoms with Crippen LogP contribution in [-0.2, 0) is 10.0 Å². The van der Waals surface area contributed by atoms with Crippen molar-refractivity contribution in [2.24, 2.45) is 0 Å². The average molecular weight is 427 g/mol. The van der Waals surface area contributed by atoms with Crippen LogP contribution in [0.1, 0.15) is 19.4 Å². The van der Waals surface area contributed by atoms with Crippen LogP contribution in [0.4, 0.5) is 0 Å². The molecule has 1 N–H and O–H groups in total. The van der Waals surface area contributed by atoms with Crippen molar-refractivity contribution < 1.29 is 8.42 Å². The van der Waals surface area contributed by atoms with Gasteiger partial charge in [-0.3, -0.25) is 4.57 Å². The molecule has 3 heterocycles. The number of nitriles is 1. The van der Waals surface area contributed by atoms with E-state index in [0.29, 0.717) is 27.3 Å². The highest BCUT2D eigenvalue weighted by molar-refractivity contribution is 7.89. The number of aromatic nitrogens is 4. The molecule has 1 aliphatic carbocycles. The van der Waals surface area contributed by atoms with E-state index in [0.717, 1.165) is 5.70 Å². The van der Waals surface area contributed by atoms with Gasteiger partial charge in [0.2, 0.25) is 10.0 Å². The molecule has 0 amide bonds. The van der Waals surface area contributed by atoms with Gasteiger partial charge >= 0.3 is 0 Å². The number of nitrogens with one attached hydrogen (secondary N) is 1. The molecule has 3 aromatic heterocycles. The average Bonchev–Trinajstić information content (AvgIpc) is 2.92. The molecule has 146 valence electrons. The van der Waals surface area contributed by atoms with Gasteiger partial charge in [-0.1, -0.05) is 17.7 Å². The van der Waals surface area contributed by atoms with Gasteiger partial charge in [-0.25, -0.2) is 28.1 Å². The fourth-order valence-electron chi connectivity index (χ4n) is 3.00. The molecule has 29 heavy (non-hydrogen) atoms. The van der Waals surface area contributed by atoms with Crippen LogP contribution in [0.25, 0.3) is 28.2 Å². The highest BCUT2D eigenvalue weighted by Gasteiger charge is 2.25. The van der Waals surface area contributed by atoms with Crippen LogP contribution >= 0.6 is 11.6 Å². The van der Waals surface area contributed by atoms with Gasteiger partial charge < -0.3 is 0 Å². The van der Waals surface area contributed by atoms with Gasteiger partial charge in [0, 0.05) is 23.3 Å². The monoisotopic (exact) mass is 426 g/mol. The lowest BCUT2D eigenvalue weighted by molar-refractivity contribution is 0.569. The van der Waals surface area contributed by atoms with Crippen LogP contribution in [-0.4, -0.2) is 34.0 Å². The van der Waals surface area contributed by atoms with E-state index in [9.17, 15) is 13.7 Å². The van der Waals surface area contributed by atoms with Gasteiger partial charge in [-0.15, -0.1) is 0 Å². The van der Waals surface area contributed by atoms with E-state index in [1.54, 1.807) is 24.5 Å². The summed E-state index contributed by atoms with van der Waals surface area (Å²) in [5.74, 6) is 0.209. The summed E-state index contributed by atoms with van der Waals surface area (Å²) in [5.41, 5.74) is 2.09. The Labute approximate surface area is 172 Å². The first-order valence-corrected chi connectivity index (χ1v) is 10.5. The number of halogens is 1. The second-order valence-electron chi connectivity index (χ2n) is 6.66. The SMILES string of the molecule is CC(C)NS(=O)(=O)c1cnc(-c2c(C#N)c3cc(Cl)cnc3n2C2=CC=C2)nc1. The molecule has 0 saturated carbocycles. The van der Waals surface area contributed by atoms with E-state index in [4.69, 9.17) is 11.6 Å². The van der Waals surface area contributed by atoms with Crippen LogP contribution in [0.2, 0.25) is 5.02 Å². The Morgan fingerprint density at radius 3 is 2.45 bits per heavy atom. The zero-order valence-corrected chi connectivity index (χ0v) is 17.0. The third-order valence-corrected chi connectivity index (χ3v) is 6.04. The number of nitrogens with zero attached hydrogens (tertiary/aromatic N) is 5. The zero-order valence-electron chi connectivity index (χ0n) is 15.5. The number of rotatable bonds is 5. The fourth-order valence-corrected chi connectivity index (χ4v) is 4.30. The fraction of sp³-hybridized carbons (Fsp3) is 0.158. The summed E-state index contributed by atoms with van der Waals surface area (Å²) in [6, 6.07) is 3.58. The van der Waals surface area contributed by atoms with Crippen LogP contribution in [0.3, 0.4) is 0 Å². The van der Waals surface area contributed by atoms with Crippen LogP contribution < -0.4 is 4.72 Å². The van der Waals surface area contributed by atoms with Gasteiger partial charge in [-0.2, -0.15) is 5.26 Å². The van der Waals surface area contributed by atoms with Crippen LogP contribution in [0, 0.1) is 11.3 Å². The summed E-state index contributed by atoms with van der Waals surface area (Å²) >= 11 is 6.08. The predicted octanol–water partition coefficient (Wildman–Crippen LogP) is 3.12. The Bertz CT molecular complexity index is 1330. The van der Waals surface area contributed by atoms with Crippen molar-refractivity contribution in [3.63, 3.8) is 0 Å². The topological polar surface area (TPSA) is 114 Å². The number of hydrogen-bond acceptors (Lipinski definition) is 6. The van der Waals surface area contributed by atoms with Gasteiger partial charge in [0.1, 0.15) is 22.3 Å². The molecule has 0 spiro atoms. The van der Waals surface area contributed by atoms with Gasteiger partial charge in [0.05, 0.1) is 23.0 Å². The summed E-state index contributed by atoms with van der Waals surface area (Å²) in [6.07, 6.45) is 9.55. The molecule has 3 aromatic rings. The number of hydrogen-bond donors (Lipinski definition) is 1. The van der Waals surface area contributed by atoms with Gasteiger partial charge in [-0.05, 0) is 32.1 Å². The third kappa shape index (κ3) is 3.31. The number of sulfonamides is 1. The Morgan fingerprint density at radius 2 is 1.90 bits per heavy atom. The molecule has 0 saturated heterocycles. The summed E-state index contributed by atoms with van der Waals surface area (Å²) in [5, 5.41) is 10.8. The second kappa shape index (κ2) is 7.08. The molecule has 0 aliphatic heterocycles. The van der Waals surface area contributed by atoms with Gasteiger partial charge in [0.15, 0.2) is 5.82 Å². The van der Waals surface area contributed by atoms with Crippen molar-refractivity contribution in [3.8, 4) is 17.6 Å². The van der Waals surface area contributed by atoms with Crippen molar-refractivity contribution in [1.29, 1.82) is 5.26 Å². The lowest BCUT2D eigenvalue weighted by Gasteiger charge is -2.14. The Kier molecular flexibility index (Phi) is 4.70. The molecular formula is C19H15ClN6O2S. The van der Waals surface area contributed by atoms with Crippen molar-refractivity contribution in [3.05, 3.63) is 53.5 Å². The largest absolute Gasteiger partial charge is 0.290 e. The van der Waals surface area contributed by atoms with Gasteiger partial charge in [0.25, 0.3) is 0 Å². The maximum Gasteiger partial charge on any atom is 0.243 e. The van der Waals surface area contributed by atoms with E-state index in [1.165, 1.54) is 18.6 Å². The highest BCUT2D eigenvalue weighted by atomic mass is 35.5. The standard InChI is InChI=1S/C19H15ClN6O2S/c1-11(2)25-29(27,28)14-9-22-18(23-10-14)17-16(7-21)15-6-12(20)8-24-19(15)26(17)13-4-3-5-13/h3-6,8-11,25H,1-2H3. The molecular weight excluding hydrogens is 412 g/mol. The van der Waals surface area contributed by atoms with Crippen molar-refractivity contribution in [1.82, 2.24) is 24.2 Å². The van der Waals surface area contributed by atoms with Crippen molar-refractivity contribution in [2.75, 3.05) is 0 Å². The third-order valence-electron chi connectivity index (χ3n) is 4.22. The van der Waals surface area contributed by atoms with E-state index >= 15 is 0 Å². The first-order valence-electron chi connectivity index (χ1n) is 8.65.